The molecule has 2 saturated carbocycles. The molecule has 2 fully saturated rings. The Morgan fingerprint density at radius 2 is 2.05 bits per heavy atom. The normalized spacial score (nSPS) is 21.3. The van der Waals surface area contributed by atoms with E-state index in [1.165, 1.54) is 25.7 Å². The molecule has 2 aliphatic rings. The van der Waals surface area contributed by atoms with Crippen LogP contribution in [0.15, 0.2) is 24.3 Å². The maximum atomic E-state index is 12.1. The predicted molar refractivity (Wildman–Crippen MR) is 75.9 cm³/mol. The van der Waals surface area contributed by atoms with Gasteiger partial charge in [0.1, 0.15) is 0 Å². The number of rotatable bonds is 6. The summed E-state index contributed by atoms with van der Waals surface area (Å²) < 4.78 is 26.9. The molecule has 1 aromatic carbocycles. The maximum Gasteiger partial charge on any atom is 0.215 e. The van der Waals surface area contributed by atoms with Gasteiger partial charge >= 0.3 is 0 Å². The third kappa shape index (κ3) is 3.09. The van der Waals surface area contributed by atoms with Crippen LogP contribution in [-0.4, -0.2) is 15.0 Å². The zero-order valence-electron chi connectivity index (χ0n) is 10.9. The molecular weight excluding hydrogens is 260 g/mol. The van der Waals surface area contributed by atoms with Crippen molar-refractivity contribution in [3.05, 3.63) is 29.8 Å². The fourth-order valence-corrected chi connectivity index (χ4v) is 4.02. The molecule has 0 saturated heterocycles. The van der Waals surface area contributed by atoms with E-state index >= 15 is 0 Å². The van der Waals surface area contributed by atoms with Crippen LogP contribution in [0.25, 0.3) is 0 Å². The third-order valence-corrected chi connectivity index (χ3v) is 5.59. The van der Waals surface area contributed by atoms with Crippen molar-refractivity contribution in [3.8, 4) is 0 Å². The van der Waals surface area contributed by atoms with Gasteiger partial charge in [-0.1, -0.05) is 12.1 Å². The number of hydrogen-bond acceptors (Lipinski definition) is 3. The minimum Gasteiger partial charge on any atom is -0.399 e. The van der Waals surface area contributed by atoms with Crippen LogP contribution in [0.3, 0.4) is 0 Å². The number of benzene rings is 1. The second-order valence-electron chi connectivity index (χ2n) is 5.96. The molecule has 3 N–H and O–H groups in total. The first-order chi connectivity index (χ1) is 8.99. The topological polar surface area (TPSA) is 72.2 Å². The standard InChI is InChI=1S/C14H20N2O2S/c15-13-3-1-2-11(8-13)9-19(17,18)16-10-14(6-7-14)12-4-5-12/h1-3,8,12,16H,4-7,9-10,15H2. The molecular formula is C14H20N2O2S. The van der Waals surface area contributed by atoms with Gasteiger partial charge in [-0.05, 0) is 54.7 Å². The molecule has 0 heterocycles. The van der Waals surface area contributed by atoms with Crippen molar-refractivity contribution in [2.24, 2.45) is 11.3 Å². The van der Waals surface area contributed by atoms with Crippen LogP contribution < -0.4 is 10.5 Å². The Morgan fingerprint density at radius 3 is 2.63 bits per heavy atom. The van der Waals surface area contributed by atoms with E-state index in [2.05, 4.69) is 4.72 Å². The van der Waals surface area contributed by atoms with Crippen molar-refractivity contribution < 1.29 is 8.42 Å². The number of hydrogen-bond donors (Lipinski definition) is 2. The number of nitrogen functional groups attached to an aromatic ring is 1. The van der Waals surface area contributed by atoms with Gasteiger partial charge in [-0.15, -0.1) is 0 Å². The van der Waals surface area contributed by atoms with E-state index in [0.29, 0.717) is 17.6 Å². The Labute approximate surface area is 114 Å². The highest BCUT2D eigenvalue weighted by molar-refractivity contribution is 7.88. The van der Waals surface area contributed by atoms with Crippen molar-refractivity contribution in [1.29, 1.82) is 0 Å². The molecule has 19 heavy (non-hydrogen) atoms. The monoisotopic (exact) mass is 280 g/mol. The highest BCUT2D eigenvalue weighted by Crippen LogP contribution is 2.60. The SMILES string of the molecule is Nc1cccc(CS(=O)(=O)NCC2(C3CC3)CC2)c1. The van der Waals surface area contributed by atoms with E-state index in [4.69, 9.17) is 5.73 Å². The molecule has 0 aromatic heterocycles. The molecule has 0 unspecified atom stereocenters. The van der Waals surface area contributed by atoms with Crippen LogP contribution in [-0.2, 0) is 15.8 Å². The molecule has 0 radical (unpaired) electrons. The van der Waals surface area contributed by atoms with Gasteiger partial charge in [-0.2, -0.15) is 0 Å². The molecule has 104 valence electrons. The predicted octanol–water partition coefficient (Wildman–Crippen LogP) is 1.88. The first-order valence-electron chi connectivity index (χ1n) is 6.81. The first-order valence-corrected chi connectivity index (χ1v) is 8.46. The largest absolute Gasteiger partial charge is 0.399 e. The summed E-state index contributed by atoms with van der Waals surface area (Å²) in [6, 6.07) is 7.05. The van der Waals surface area contributed by atoms with E-state index < -0.39 is 10.0 Å². The summed E-state index contributed by atoms with van der Waals surface area (Å²) in [5.41, 5.74) is 7.30. The smallest absolute Gasteiger partial charge is 0.215 e. The van der Waals surface area contributed by atoms with E-state index in [1.807, 2.05) is 0 Å². The Bertz CT molecular complexity index is 575. The minimum absolute atomic E-state index is 0.0127. The van der Waals surface area contributed by atoms with Gasteiger partial charge in [0.15, 0.2) is 0 Å². The molecule has 0 atom stereocenters. The van der Waals surface area contributed by atoms with Gasteiger partial charge < -0.3 is 5.73 Å². The fraction of sp³-hybridized carbons (Fsp3) is 0.571. The number of anilines is 1. The van der Waals surface area contributed by atoms with Crippen LogP contribution in [0.2, 0.25) is 0 Å². The fourth-order valence-electron chi connectivity index (χ4n) is 2.79. The second-order valence-corrected chi connectivity index (χ2v) is 7.77. The first kappa shape index (κ1) is 12.9. The Hall–Kier alpha value is -1.07. The Balaban J connectivity index is 1.60. The van der Waals surface area contributed by atoms with Gasteiger partial charge in [0.05, 0.1) is 5.75 Å². The van der Waals surface area contributed by atoms with Gasteiger partial charge in [-0.25, -0.2) is 13.1 Å². The van der Waals surface area contributed by atoms with Crippen LogP contribution in [0.1, 0.15) is 31.2 Å². The quantitative estimate of drug-likeness (QED) is 0.781. The maximum absolute atomic E-state index is 12.1. The lowest BCUT2D eigenvalue weighted by Crippen LogP contribution is -2.32. The van der Waals surface area contributed by atoms with Crippen LogP contribution >= 0.6 is 0 Å². The molecule has 4 nitrogen and oxygen atoms in total. The molecule has 3 rings (SSSR count). The molecule has 2 aliphatic carbocycles. The summed E-state index contributed by atoms with van der Waals surface area (Å²) in [5.74, 6) is 0.779. The van der Waals surface area contributed by atoms with Crippen LogP contribution in [0.5, 0.6) is 0 Å². The van der Waals surface area contributed by atoms with Crippen molar-refractivity contribution in [1.82, 2.24) is 4.72 Å². The Morgan fingerprint density at radius 1 is 1.32 bits per heavy atom. The van der Waals surface area contributed by atoms with E-state index in [9.17, 15) is 8.42 Å². The molecule has 1 aromatic rings. The van der Waals surface area contributed by atoms with Gasteiger partial charge in [0.25, 0.3) is 0 Å². The van der Waals surface area contributed by atoms with Gasteiger partial charge in [0, 0.05) is 12.2 Å². The summed E-state index contributed by atoms with van der Waals surface area (Å²) in [6.45, 7) is 0.613. The summed E-state index contributed by atoms with van der Waals surface area (Å²) in [5, 5.41) is 0. The average Bonchev–Trinajstić information content (AvgIpc) is 3.19. The average molecular weight is 280 g/mol. The number of nitrogens with one attached hydrogen (secondary N) is 1. The summed E-state index contributed by atoms with van der Waals surface area (Å²) in [4.78, 5) is 0. The summed E-state index contributed by atoms with van der Waals surface area (Å²) in [7, 11) is -3.26. The van der Waals surface area contributed by atoms with Gasteiger partial charge in [0.2, 0.25) is 10.0 Å². The van der Waals surface area contributed by atoms with Crippen molar-refractivity contribution in [2.75, 3.05) is 12.3 Å². The van der Waals surface area contributed by atoms with Crippen molar-refractivity contribution in [3.63, 3.8) is 0 Å². The number of nitrogens with two attached hydrogens (primary N) is 1. The summed E-state index contributed by atoms with van der Waals surface area (Å²) in [6.07, 6.45) is 4.91. The minimum atomic E-state index is -3.26. The van der Waals surface area contributed by atoms with Crippen molar-refractivity contribution in [2.45, 2.75) is 31.4 Å². The van der Waals surface area contributed by atoms with Crippen molar-refractivity contribution >= 4 is 15.7 Å². The number of sulfonamides is 1. The molecule has 0 bridgehead atoms. The Kier molecular flexibility index (Phi) is 3.06. The highest BCUT2D eigenvalue weighted by atomic mass is 32.2. The zero-order valence-corrected chi connectivity index (χ0v) is 11.7. The lowest BCUT2D eigenvalue weighted by molar-refractivity contribution is 0.431. The molecule has 0 spiro atoms. The molecule has 5 heteroatoms. The van der Waals surface area contributed by atoms with E-state index in [-0.39, 0.29) is 5.75 Å². The highest BCUT2D eigenvalue weighted by Gasteiger charge is 2.53. The van der Waals surface area contributed by atoms with Gasteiger partial charge in [-0.3, -0.25) is 0 Å². The molecule has 0 aliphatic heterocycles. The van der Waals surface area contributed by atoms with Crippen LogP contribution in [0.4, 0.5) is 5.69 Å². The molecule has 0 amide bonds. The van der Waals surface area contributed by atoms with E-state index in [1.54, 1.807) is 24.3 Å². The summed E-state index contributed by atoms with van der Waals surface area (Å²) >= 11 is 0. The van der Waals surface area contributed by atoms with Crippen LogP contribution in [0, 0.1) is 11.3 Å². The second kappa shape index (κ2) is 4.49. The lowest BCUT2D eigenvalue weighted by atomic mass is 10.0. The zero-order chi connectivity index (χ0) is 13.5. The third-order valence-electron chi connectivity index (χ3n) is 4.29. The van der Waals surface area contributed by atoms with E-state index in [0.717, 1.165) is 11.5 Å². The lowest BCUT2D eigenvalue weighted by Gasteiger charge is -2.15.